The fourth-order valence-electron chi connectivity index (χ4n) is 3.70. The number of carbonyl (C=O) groups excluding carboxylic acids is 1. The fraction of sp³-hybridized carbons (Fsp3) is 0.938. The van der Waals surface area contributed by atoms with Gasteiger partial charge in [-0.2, -0.15) is 0 Å². The molecule has 1 unspecified atom stereocenters. The van der Waals surface area contributed by atoms with E-state index >= 15 is 0 Å². The molecule has 2 aliphatic rings. The van der Waals surface area contributed by atoms with Crippen molar-refractivity contribution in [1.82, 2.24) is 10.2 Å². The van der Waals surface area contributed by atoms with E-state index < -0.39 is 0 Å². The molecule has 1 N–H and O–H groups in total. The van der Waals surface area contributed by atoms with Crippen LogP contribution in [0.4, 0.5) is 0 Å². The number of amides is 1. The summed E-state index contributed by atoms with van der Waals surface area (Å²) in [6.45, 7) is 5.72. The van der Waals surface area contributed by atoms with E-state index in [1.165, 1.54) is 44.9 Å². The zero-order valence-corrected chi connectivity index (χ0v) is 13.1. The monoisotopic (exact) mass is 282 g/mol. The molecule has 2 rings (SSSR count). The number of methoxy groups -OCH3 is 1. The topological polar surface area (TPSA) is 41.6 Å². The first-order chi connectivity index (χ1) is 9.67. The molecular formula is C16H30N2O2. The summed E-state index contributed by atoms with van der Waals surface area (Å²) in [7, 11) is 1.76. The standard InChI is InChI=1S/C16H30N2O2/c1-14(18-10-6-3-7-11-18)15(19)17-12-16(13-20-2)8-4-5-9-16/h14H,3-13H2,1-2H3,(H,17,19). The normalized spacial score (nSPS) is 24.5. The van der Waals surface area contributed by atoms with Crippen molar-refractivity contribution < 1.29 is 9.53 Å². The zero-order valence-electron chi connectivity index (χ0n) is 13.1. The van der Waals surface area contributed by atoms with Crippen molar-refractivity contribution in [3.8, 4) is 0 Å². The second kappa shape index (κ2) is 7.41. The van der Waals surface area contributed by atoms with Gasteiger partial charge in [-0.25, -0.2) is 0 Å². The summed E-state index contributed by atoms with van der Waals surface area (Å²) in [6, 6.07) is 0.0105. The van der Waals surface area contributed by atoms with Gasteiger partial charge in [-0.1, -0.05) is 19.3 Å². The number of hydrogen-bond acceptors (Lipinski definition) is 3. The molecule has 0 bridgehead atoms. The summed E-state index contributed by atoms with van der Waals surface area (Å²) >= 11 is 0. The van der Waals surface area contributed by atoms with Gasteiger partial charge in [-0.05, 0) is 45.7 Å². The van der Waals surface area contributed by atoms with E-state index in [-0.39, 0.29) is 17.4 Å². The first kappa shape index (κ1) is 15.8. The molecule has 1 amide bonds. The van der Waals surface area contributed by atoms with E-state index in [9.17, 15) is 4.79 Å². The second-order valence-corrected chi connectivity index (χ2v) is 6.63. The molecule has 116 valence electrons. The van der Waals surface area contributed by atoms with Crippen LogP contribution in [0.5, 0.6) is 0 Å². The lowest BCUT2D eigenvalue weighted by atomic mass is 9.87. The number of hydrogen-bond donors (Lipinski definition) is 1. The largest absolute Gasteiger partial charge is 0.384 e. The van der Waals surface area contributed by atoms with E-state index in [1.807, 2.05) is 6.92 Å². The van der Waals surface area contributed by atoms with Crippen LogP contribution in [0.15, 0.2) is 0 Å². The number of rotatable bonds is 6. The molecule has 1 saturated carbocycles. The van der Waals surface area contributed by atoms with E-state index in [4.69, 9.17) is 4.74 Å². The van der Waals surface area contributed by atoms with Crippen molar-refractivity contribution in [2.75, 3.05) is 33.4 Å². The van der Waals surface area contributed by atoms with E-state index in [0.29, 0.717) is 0 Å². The lowest BCUT2D eigenvalue weighted by Gasteiger charge is -2.33. The minimum absolute atomic E-state index is 0.0105. The van der Waals surface area contributed by atoms with Gasteiger partial charge in [0.15, 0.2) is 0 Å². The molecule has 1 heterocycles. The van der Waals surface area contributed by atoms with Crippen LogP contribution < -0.4 is 5.32 Å². The third-order valence-electron chi connectivity index (χ3n) is 5.07. The van der Waals surface area contributed by atoms with E-state index in [0.717, 1.165) is 26.2 Å². The molecule has 0 radical (unpaired) electrons. The molecule has 0 aromatic carbocycles. The molecule has 2 fully saturated rings. The summed E-state index contributed by atoms with van der Waals surface area (Å²) in [4.78, 5) is 14.7. The Morgan fingerprint density at radius 3 is 2.45 bits per heavy atom. The summed E-state index contributed by atoms with van der Waals surface area (Å²) < 4.78 is 5.38. The Morgan fingerprint density at radius 2 is 1.85 bits per heavy atom. The third kappa shape index (κ3) is 3.95. The van der Waals surface area contributed by atoms with Crippen molar-refractivity contribution in [2.45, 2.75) is 57.9 Å². The van der Waals surface area contributed by atoms with Crippen molar-refractivity contribution >= 4 is 5.91 Å². The molecule has 1 atom stereocenters. The highest BCUT2D eigenvalue weighted by atomic mass is 16.5. The van der Waals surface area contributed by atoms with Gasteiger partial charge in [0.1, 0.15) is 0 Å². The second-order valence-electron chi connectivity index (χ2n) is 6.63. The Labute approximate surface area is 123 Å². The van der Waals surface area contributed by atoms with E-state index in [1.54, 1.807) is 7.11 Å². The number of ether oxygens (including phenoxy) is 1. The minimum Gasteiger partial charge on any atom is -0.384 e. The summed E-state index contributed by atoms with van der Waals surface area (Å²) in [6.07, 6.45) is 8.65. The maximum absolute atomic E-state index is 12.4. The Kier molecular flexibility index (Phi) is 5.85. The number of carbonyl (C=O) groups is 1. The van der Waals surface area contributed by atoms with E-state index in [2.05, 4.69) is 10.2 Å². The predicted octanol–water partition coefficient (Wildman–Crippen LogP) is 2.18. The van der Waals surface area contributed by atoms with Crippen LogP contribution in [0.25, 0.3) is 0 Å². The van der Waals surface area contributed by atoms with Crippen LogP contribution in [-0.2, 0) is 9.53 Å². The smallest absolute Gasteiger partial charge is 0.237 e. The SMILES string of the molecule is COCC1(CNC(=O)C(C)N2CCCCC2)CCCC1. The fourth-order valence-corrected chi connectivity index (χ4v) is 3.70. The molecule has 4 heteroatoms. The van der Waals surface area contributed by atoms with Crippen molar-refractivity contribution in [3.63, 3.8) is 0 Å². The van der Waals surface area contributed by atoms with Crippen LogP contribution in [0.2, 0.25) is 0 Å². The molecule has 0 aromatic rings. The summed E-state index contributed by atoms with van der Waals surface area (Å²) in [5.74, 6) is 0.189. The van der Waals surface area contributed by atoms with Crippen LogP contribution in [0, 0.1) is 5.41 Å². The lowest BCUT2D eigenvalue weighted by Crippen LogP contribution is -2.49. The first-order valence-electron chi connectivity index (χ1n) is 8.18. The average Bonchev–Trinajstić information content (AvgIpc) is 2.94. The summed E-state index contributed by atoms with van der Waals surface area (Å²) in [5.41, 5.74) is 0.187. The molecule has 20 heavy (non-hydrogen) atoms. The highest BCUT2D eigenvalue weighted by Gasteiger charge is 2.35. The Hall–Kier alpha value is -0.610. The Bertz CT molecular complexity index is 308. The van der Waals surface area contributed by atoms with Crippen LogP contribution in [-0.4, -0.2) is 50.2 Å². The zero-order chi connectivity index (χ0) is 14.4. The summed E-state index contributed by atoms with van der Waals surface area (Å²) in [5, 5.41) is 3.19. The molecule has 1 aliphatic heterocycles. The highest BCUT2D eigenvalue weighted by Crippen LogP contribution is 2.37. The van der Waals surface area contributed by atoms with Gasteiger partial charge in [0.25, 0.3) is 0 Å². The first-order valence-corrected chi connectivity index (χ1v) is 8.18. The molecule has 1 saturated heterocycles. The highest BCUT2D eigenvalue weighted by molar-refractivity contribution is 5.81. The maximum Gasteiger partial charge on any atom is 0.237 e. The van der Waals surface area contributed by atoms with Crippen LogP contribution in [0.1, 0.15) is 51.9 Å². The molecular weight excluding hydrogens is 252 g/mol. The Morgan fingerprint density at radius 1 is 1.20 bits per heavy atom. The maximum atomic E-state index is 12.4. The quantitative estimate of drug-likeness (QED) is 0.812. The predicted molar refractivity (Wildman–Crippen MR) is 80.7 cm³/mol. The minimum atomic E-state index is 0.0105. The number of nitrogens with zero attached hydrogens (tertiary/aromatic N) is 1. The van der Waals surface area contributed by atoms with Gasteiger partial charge in [-0.15, -0.1) is 0 Å². The van der Waals surface area contributed by atoms with Crippen molar-refractivity contribution in [3.05, 3.63) is 0 Å². The van der Waals surface area contributed by atoms with Gasteiger partial charge in [0.2, 0.25) is 5.91 Å². The van der Waals surface area contributed by atoms with Gasteiger partial charge >= 0.3 is 0 Å². The number of nitrogens with one attached hydrogen (secondary N) is 1. The van der Waals surface area contributed by atoms with Crippen molar-refractivity contribution in [1.29, 1.82) is 0 Å². The van der Waals surface area contributed by atoms with Gasteiger partial charge in [0.05, 0.1) is 12.6 Å². The van der Waals surface area contributed by atoms with Crippen LogP contribution >= 0.6 is 0 Å². The molecule has 4 nitrogen and oxygen atoms in total. The van der Waals surface area contributed by atoms with Crippen molar-refractivity contribution in [2.24, 2.45) is 5.41 Å². The third-order valence-corrected chi connectivity index (χ3v) is 5.07. The average molecular weight is 282 g/mol. The van der Waals surface area contributed by atoms with Gasteiger partial charge < -0.3 is 10.1 Å². The number of piperidine rings is 1. The van der Waals surface area contributed by atoms with Gasteiger partial charge in [-0.3, -0.25) is 9.69 Å². The molecule has 0 aromatic heterocycles. The van der Waals surface area contributed by atoms with Gasteiger partial charge in [0, 0.05) is 19.1 Å². The lowest BCUT2D eigenvalue weighted by molar-refractivity contribution is -0.127. The van der Waals surface area contributed by atoms with Crippen LogP contribution in [0.3, 0.4) is 0 Å². The number of likely N-dealkylation sites (tertiary alicyclic amines) is 1. The molecule has 1 aliphatic carbocycles. The molecule has 0 spiro atoms. The Balaban J connectivity index is 1.80.